The van der Waals surface area contributed by atoms with E-state index < -0.39 is 0 Å². The number of nitriles is 1. The minimum atomic E-state index is 0.651. The molecule has 194 valence electrons. The molecule has 42 heavy (non-hydrogen) atoms. The highest BCUT2D eigenvalue weighted by Crippen LogP contribution is 2.41. The Balaban J connectivity index is 1.41. The monoisotopic (exact) mass is 533 g/mol. The van der Waals surface area contributed by atoms with Gasteiger partial charge in [-0.15, -0.1) is 0 Å². The molecule has 0 N–H and O–H groups in total. The molecule has 0 saturated carbocycles. The van der Waals surface area contributed by atoms with Crippen LogP contribution < -0.4 is 0 Å². The Bertz CT molecular complexity index is 2360. The van der Waals surface area contributed by atoms with Gasteiger partial charge in [-0.1, -0.05) is 97.1 Å². The molecule has 0 spiro atoms. The van der Waals surface area contributed by atoms with E-state index in [1.54, 1.807) is 0 Å². The third-order valence-electron chi connectivity index (χ3n) is 8.11. The van der Waals surface area contributed by atoms with Gasteiger partial charge in [0.25, 0.3) is 0 Å². The van der Waals surface area contributed by atoms with E-state index >= 15 is 0 Å². The van der Waals surface area contributed by atoms with Gasteiger partial charge in [0.2, 0.25) is 0 Å². The standard InChI is InChI=1S/C39H23N3/c40-24-25-11-13-27(14-12-25)37-33-10-4-1-6-26(33)17-19-34(37)31-22-30-7-2-3-9-32(30)35(23-31)36-20-18-29-16-15-28-8-5-21-41-38(28)39(29)42-36/h1-23H. The Labute approximate surface area is 243 Å². The van der Waals surface area contributed by atoms with Crippen LogP contribution in [-0.2, 0) is 0 Å². The fraction of sp³-hybridized carbons (Fsp3) is 0. The molecule has 0 aliphatic heterocycles. The van der Waals surface area contributed by atoms with Crippen molar-refractivity contribution in [2.45, 2.75) is 0 Å². The van der Waals surface area contributed by atoms with Gasteiger partial charge in [-0.25, -0.2) is 4.98 Å². The molecule has 0 saturated heterocycles. The van der Waals surface area contributed by atoms with Gasteiger partial charge in [0.1, 0.15) is 0 Å². The van der Waals surface area contributed by atoms with E-state index in [4.69, 9.17) is 4.98 Å². The Morgan fingerprint density at radius 3 is 2.02 bits per heavy atom. The zero-order chi connectivity index (χ0) is 28.0. The van der Waals surface area contributed by atoms with Gasteiger partial charge in [-0.3, -0.25) is 4.98 Å². The lowest BCUT2D eigenvalue weighted by Gasteiger charge is -2.17. The Morgan fingerprint density at radius 2 is 1.19 bits per heavy atom. The van der Waals surface area contributed by atoms with Crippen molar-refractivity contribution in [3.8, 4) is 39.6 Å². The van der Waals surface area contributed by atoms with Crippen molar-refractivity contribution in [2.75, 3.05) is 0 Å². The number of rotatable bonds is 3. The first-order valence-corrected chi connectivity index (χ1v) is 14.0. The molecule has 0 unspecified atom stereocenters. The van der Waals surface area contributed by atoms with Crippen molar-refractivity contribution in [1.29, 1.82) is 5.26 Å². The van der Waals surface area contributed by atoms with Crippen LogP contribution in [0.3, 0.4) is 0 Å². The molecule has 0 aliphatic carbocycles. The molecule has 2 aromatic heterocycles. The SMILES string of the molecule is N#Cc1ccc(-c2c(-c3cc(-c4ccc5ccc6cccnc6c5n4)c4ccccc4c3)ccc3ccccc23)cc1. The average molecular weight is 534 g/mol. The van der Waals surface area contributed by atoms with E-state index in [9.17, 15) is 5.26 Å². The fourth-order valence-electron chi connectivity index (χ4n) is 6.09. The maximum Gasteiger partial charge on any atom is 0.0991 e. The highest BCUT2D eigenvalue weighted by molar-refractivity contribution is 6.08. The fourth-order valence-corrected chi connectivity index (χ4v) is 6.09. The smallest absolute Gasteiger partial charge is 0.0991 e. The van der Waals surface area contributed by atoms with Gasteiger partial charge in [-0.2, -0.15) is 5.26 Å². The molecule has 0 amide bonds. The summed E-state index contributed by atoms with van der Waals surface area (Å²) in [4.78, 5) is 9.89. The number of fused-ring (bicyclic) bond motifs is 5. The van der Waals surface area contributed by atoms with Crippen LogP contribution >= 0.6 is 0 Å². The molecule has 0 radical (unpaired) electrons. The van der Waals surface area contributed by atoms with Crippen LogP contribution in [0.15, 0.2) is 140 Å². The van der Waals surface area contributed by atoms with Gasteiger partial charge in [0, 0.05) is 22.5 Å². The first-order chi connectivity index (χ1) is 20.8. The number of benzene rings is 6. The zero-order valence-electron chi connectivity index (χ0n) is 22.6. The molecule has 8 rings (SSSR count). The highest BCUT2D eigenvalue weighted by Gasteiger charge is 2.16. The third-order valence-corrected chi connectivity index (χ3v) is 8.11. The van der Waals surface area contributed by atoms with Crippen molar-refractivity contribution in [1.82, 2.24) is 9.97 Å². The first kappa shape index (κ1) is 24.0. The molecule has 0 aliphatic rings. The molecule has 8 aromatic rings. The molecule has 0 fully saturated rings. The Kier molecular flexibility index (Phi) is 5.52. The van der Waals surface area contributed by atoms with Crippen molar-refractivity contribution in [2.24, 2.45) is 0 Å². The summed E-state index contributed by atoms with van der Waals surface area (Å²) >= 11 is 0. The van der Waals surface area contributed by atoms with Crippen molar-refractivity contribution >= 4 is 43.4 Å². The second-order valence-corrected chi connectivity index (χ2v) is 10.6. The maximum absolute atomic E-state index is 9.41. The summed E-state index contributed by atoms with van der Waals surface area (Å²) in [7, 11) is 0. The van der Waals surface area contributed by atoms with Gasteiger partial charge < -0.3 is 0 Å². The molecular weight excluding hydrogens is 510 g/mol. The summed E-state index contributed by atoms with van der Waals surface area (Å²) in [5.74, 6) is 0. The van der Waals surface area contributed by atoms with Crippen LogP contribution in [0.4, 0.5) is 0 Å². The van der Waals surface area contributed by atoms with E-state index in [0.29, 0.717) is 5.56 Å². The van der Waals surface area contributed by atoms with Crippen LogP contribution in [0, 0.1) is 11.3 Å². The highest BCUT2D eigenvalue weighted by atomic mass is 14.8. The topological polar surface area (TPSA) is 49.6 Å². The second kappa shape index (κ2) is 9.66. The lowest BCUT2D eigenvalue weighted by atomic mass is 9.87. The van der Waals surface area contributed by atoms with E-state index in [1.807, 2.05) is 24.4 Å². The van der Waals surface area contributed by atoms with Gasteiger partial charge in [0.05, 0.1) is 28.4 Å². The van der Waals surface area contributed by atoms with E-state index in [2.05, 4.69) is 126 Å². The van der Waals surface area contributed by atoms with Crippen molar-refractivity contribution < 1.29 is 0 Å². The van der Waals surface area contributed by atoms with Crippen LogP contribution in [0.2, 0.25) is 0 Å². The summed E-state index contributed by atoms with van der Waals surface area (Å²) in [5, 5.41) is 16.2. The van der Waals surface area contributed by atoms with Gasteiger partial charge in [-0.05, 0) is 80.2 Å². The van der Waals surface area contributed by atoms with E-state index in [-0.39, 0.29) is 0 Å². The predicted octanol–water partition coefficient (Wildman–Crippen LogP) is 9.96. The minimum absolute atomic E-state index is 0.651. The average Bonchev–Trinajstić information content (AvgIpc) is 3.07. The Morgan fingerprint density at radius 1 is 0.500 bits per heavy atom. The molecule has 0 atom stereocenters. The first-order valence-electron chi connectivity index (χ1n) is 14.0. The molecule has 2 heterocycles. The summed E-state index contributed by atoms with van der Waals surface area (Å²) in [6, 6.07) is 48.6. The molecule has 6 aromatic carbocycles. The normalized spacial score (nSPS) is 11.3. The van der Waals surface area contributed by atoms with Crippen LogP contribution in [0.25, 0.3) is 76.9 Å². The van der Waals surface area contributed by atoms with E-state index in [1.165, 1.54) is 10.8 Å². The summed E-state index contributed by atoms with van der Waals surface area (Å²) in [6.45, 7) is 0. The largest absolute Gasteiger partial charge is 0.254 e. The lowest BCUT2D eigenvalue weighted by molar-refractivity contribution is 1.37. The maximum atomic E-state index is 9.41. The molecular formula is C39H23N3. The van der Waals surface area contributed by atoms with Crippen LogP contribution in [0.1, 0.15) is 5.56 Å². The summed E-state index contributed by atoms with van der Waals surface area (Å²) in [5.41, 5.74) is 8.95. The zero-order valence-corrected chi connectivity index (χ0v) is 22.6. The second-order valence-electron chi connectivity index (χ2n) is 10.6. The summed E-state index contributed by atoms with van der Waals surface area (Å²) < 4.78 is 0. The molecule has 0 bridgehead atoms. The number of hydrogen-bond donors (Lipinski definition) is 0. The number of pyridine rings is 2. The lowest BCUT2D eigenvalue weighted by Crippen LogP contribution is -1.92. The van der Waals surface area contributed by atoms with E-state index in [0.717, 1.165) is 66.1 Å². The minimum Gasteiger partial charge on any atom is -0.254 e. The third kappa shape index (κ3) is 3.90. The van der Waals surface area contributed by atoms with Crippen LogP contribution in [0.5, 0.6) is 0 Å². The molecule has 3 nitrogen and oxygen atoms in total. The molecule has 3 heteroatoms. The number of nitrogens with zero attached hydrogens (tertiary/aromatic N) is 3. The number of hydrogen-bond acceptors (Lipinski definition) is 3. The predicted molar refractivity (Wildman–Crippen MR) is 173 cm³/mol. The van der Waals surface area contributed by atoms with Crippen LogP contribution in [-0.4, -0.2) is 9.97 Å². The van der Waals surface area contributed by atoms with Crippen molar-refractivity contribution in [3.05, 3.63) is 145 Å². The number of aromatic nitrogens is 2. The Hall–Kier alpha value is -5.85. The van der Waals surface area contributed by atoms with Gasteiger partial charge >= 0.3 is 0 Å². The quantitative estimate of drug-likeness (QED) is 0.212. The van der Waals surface area contributed by atoms with Crippen molar-refractivity contribution in [3.63, 3.8) is 0 Å². The van der Waals surface area contributed by atoms with Gasteiger partial charge in [0.15, 0.2) is 0 Å². The summed E-state index contributed by atoms with van der Waals surface area (Å²) in [6.07, 6.45) is 1.83.